The number of carbonyl (C=O) groups excluding carboxylic acids is 1. The lowest BCUT2D eigenvalue weighted by Crippen LogP contribution is -2.42. The van der Waals surface area contributed by atoms with Gasteiger partial charge in [-0.25, -0.2) is 0 Å². The molecule has 4 N–H and O–H groups in total. The van der Waals surface area contributed by atoms with Gasteiger partial charge in [0.15, 0.2) is 0 Å². The number of nitrogens with one attached hydrogen (secondary N) is 1. The third-order valence-corrected chi connectivity index (χ3v) is 2.86. The highest BCUT2D eigenvalue weighted by Crippen LogP contribution is 2.09. The van der Waals surface area contributed by atoms with E-state index in [1.165, 1.54) is 0 Å². The molecule has 90 valence electrons. The molecule has 0 aromatic heterocycles. The van der Waals surface area contributed by atoms with Gasteiger partial charge in [-0.3, -0.25) is 4.79 Å². The van der Waals surface area contributed by atoms with E-state index in [1.807, 2.05) is 13.2 Å². The second kappa shape index (κ2) is 7.09. The Morgan fingerprint density at radius 1 is 1.67 bits per heavy atom. The lowest BCUT2D eigenvalue weighted by Gasteiger charge is -2.22. The van der Waals surface area contributed by atoms with E-state index >= 15 is 0 Å². The van der Waals surface area contributed by atoms with Crippen LogP contribution in [-0.4, -0.2) is 41.2 Å². The number of aliphatic hydroxyl groups is 1. The van der Waals surface area contributed by atoms with Crippen molar-refractivity contribution in [3.05, 3.63) is 0 Å². The van der Waals surface area contributed by atoms with Gasteiger partial charge in [-0.2, -0.15) is 11.8 Å². The molecule has 1 amide bonds. The van der Waals surface area contributed by atoms with Gasteiger partial charge in [-0.1, -0.05) is 0 Å². The normalized spacial score (nSPS) is 16.9. The highest BCUT2D eigenvalue weighted by atomic mass is 32.2. The first-order valence-electron chi connectivity index (χ1n) is 5.11. The number of carbonyl (C=O) groups is 1. The first-order chi connectivity index (χ1) is 6.87. The van der Waals surface area contributed by atoms with Crippen LogP contribution in [0.2, 0.25) is 0 Å². The van der Waals surface area contributed by atoms with Gasteiger partial charge in [0.05, 0.1) is 5.60 Å². The summed E-state index contributed by atoms with van der Waals surface area (Å²) in [6.07, 6.45) is 3.02. The van der Waals surface area contributed by atoms with Crippen LogP contribution in [0.1, 0.15) is 26.7 Å². The lowest BCUT2D eigenvalue weighted by atomic mass is 10.1. The van der Waals surface area contributed by atoms with Crippen molar-refractivity contribution in [1.82, 2.24) is 5.32 Å². The first-order valence-corrected chi connectivity index (χ1v) is 6.50. The molecule has 0 fully saturated rings. The van der Waals surface area contributed by atoms with Crippen LogP contribution < -0.4 is 11.1 Å². The van der Waals surface area contributed by atoms with E-state index in [-0.39, 0.29) is 11.9 Å². The fourth-order valence-corrected chi connectivity index (χ4v) is 1.82. The number of nitrogens with two attached hydrogens (primary N) is 1. The van der Waals surface area contributed by atoms with Crippen LogP contribution in [0.5, 0.6) is 0 Å². The molecule has 0 aliphatic rings. The van der Waals surface area contributed by atoms with Gasteiger partial charge in [0, 0.05) is 24.8 Å². The van der Waals surface area contributed by atoms with Gasteiger partial charge in [0.1, 0.15) is 0 Å². The third kappa shape index (κ3) is 8.72. The SMILES string of the molecule is CSCC(C)(O)CNC(=O)CCC(C)N. The van der Waals surface area contributed by atoms with Crippen molar-refractivity contribution in [3.63, 3.8) is 0 Å². The quantitative estimate of drug-likeness (QED) is 0.594. The summed E-state index contributed by atoms with van der Waals surface area (Å²) in [7, 11) is 0. The van der Waals surface area contributed by atoms with Crippen LogP contribution in [0.3, 0.4) is 0 Å². The molecular weight excluding hydrogens is 212 g/mol. The number of amides is 1. The maximum absolute atomic E-state index is 11.3. The molecule has 0 heterocycles. The van der Waals surface area contributed by atoms with E-state index in [0.29, 0.717) is 25.1 Å². The standard InChI is InChI=1S/C10H22N2O2S/c1-8(11)4-5-9(13)12-6-10(2,14)7-15-3/h8,14H,4-7,11H2,1-3H3,(H,12,13). The van der Waals surface area contributed by atoms with Crippen molar-refractivity contribution in [3.8, 4) is 0 Å². The Balaban J connectivity index is 3.70. The van der Waals surface area contributed by atoms with Gasteiger partial charge in [0.25, 0.3) is 0 Å². The smallest absolute Gasteiger partial charge is 0.220 e. The summed E-state index contributed by atoms with van der Waals surface area (Å²) in [5.74, 6) is 0.564. The minimum Gasteiger partial charge on any atom is -0.387 e. The molecule has 2 unspecified atom stereocenters. The zero-order valence-electron chi connectivity index (χ0n) is 9.75. The maximum atomic E-state index is 11.3. The maximum Gasteiger partial charge on any atom is 0.220 e. The molecule has 0 spiro atoms. The summed E-state index contributed by atoms with van der Waals surface area (Å²) in [6.45, 7) is 3.89. The molecule has 0 aliphatic carbocycles. The van der Waals surface area contributed by atoms with Crippen LogP contribution >= 0.6 is 11.8 Å². The monoisotopic (exact) mass is 234 g/mol. The molecule has 0 saturated heterocycles. The highest BCUT2D eigenvalue weighted by molar-refractivity contribution is 7.98. The molecule has 2 atom stereocenters. The van der Waals surface area contributed by atoms with E-state index in [4.69, 9.17) is 5.73 Å². The molecule has 0 radical (unpaired) electrons. The second-order valence-electron chi connectivity index (χ2n) is 4.22. The molecule has 0 aromatic carbocycles. The van der Waals surface area contributed by atoms with Crippen molar-refractivity contribution >= 4 is 17.7 Å². The van der Waals surface area contributed by atoms with Crippen molar-refractivity contribution < 1.29 is 9.90 Å². The molecule has 0 aromatic rings. The summed E-state index contributed by atoms with van der Waals surface area (Å²) >= 11 is 1.56. The van der Waals surface area contributed by atoms with Gasteiger partial charge >= 0.3 is 0 Å². The van der Waals surface area contributed by atoms with E-state index in [1.54, 1.807) is 18.7 Å². The third-order valence-electron chi connectivity index (χ3n) is 1.95. The van der Waals surface area contributed by atoms with Gasteiger partial charge in [-0.15, -0.1) is 0 Å². The van der Waals surface area contributed by atoms with Crippen molar-refractivity contribution in [2.75, 3.05) is 18.6 Å². The molecule has 0 bridgehead atoms. The predicted octanol–water partition coefficient (Wildman–Crippen LogP) is 0.344. The summed E-state index contributed by atoms with van der Waals surface area (Å²) in [5, 5.41) is 12.5. The topological polar surface area (TPSA) is 75.3 Å². The van der Waals surface area contributed by atoms with Crippen LogP contribution in [0, 0.1) is 0 Å². The van der Waals surface area contributed by atoms with E-state index in [9.17, 15) is 9.90 Å². The van der Waals surface area contributed by atoms with Gasteiger partial charge in [-0.05, 0) is 26.5 Å². The summed E-state index contributed by atoms with van der Waals surface area (Å²) in [5.41, 5.74) is 4.71. The summed E-state index contributed by atoms with van der Waals surface area (Å²) in [4.78, 5) is 11.3. The Morgan fingerprint density at radius 3 is 2.73 bits per heavy atom. The van der Waals surface area contributed by atoms with Crippen LogP contribution in [-0.2, 0) is 4.79 Å². The van der Waals surface area contributed by atoms with Crippen molar-refractivity contribution in [1.29, 1.82) is 0 Å². The zero-order chi connectivity index (χ0) is 11.9. The minimum absolute atomic E-state index is 0.0439. The number of hydrogen-bond acceptors (Lipinski definition) is 4. The van der Waals surface area contributed by atoms with Gasteiger partial charge < -0.3 is 16.2 Å². The van der Waals surface area contributed by atoms with Crippen LogP contribution in [0.4, 0.5) is 0 Å². The average molecular weight is 234 g/mol. The number of rotatable bonds is 7. The molecular formula is C10H22N2O2S. The summed E-state index contributed by atoms with van der Waals surface area (Å²) in [6, 6.07) is 0.0439. The molecule has 5 heteroatoms. The van der Waals surface area contributed by atoms with Crippen LogP contribution in [0.15, 0.2) is 0 Å². The minimum atomic E-state index is -0.830. The molecule has 0 aliphatic heterocycles. The first kappa shape index (κ1) is 14.7. The largest absolute Gasteiger partial charge is 0.387 e. The Labute approximate surface area is 96.0 Å². The lowest BCUT2D eigenvalue weighted by molar-refractivity contribution is -0.122. The molecule has 4 nitrogen and oxygen atoms in total. The Morgan fingerprint density at radius 2 is 2.27 bits per heavy atom. The average Bonchev–Trinajstić information content (AvgIpc) is 2.11. The molecule has 0 saturated carbocycles. The van der Waals surface area contributed by atoms with Crippen molar-refractivity contribution in [2.24, 2.45) is 5.73 Å². The Bertz CT molecular complexity index is 196. The fourth-order valence-electron chi connectivity index (χ4n) is 1.10. The predicted molar refractivity (Wildman–Crippen MR) is 64.9 cm³/mol. The van der Waals surface area contributed by atoms with Crippen LogP contribution in [0.25, 0.3) is 0 Å². The Kier molecular flexibility index (Phi) is 6.96. The summed E-state index contributed by atoms with van der Waals surface area (Å²) < 4.78 is 0. The van der Waals surface area contributed by atoms with E-state index in [2.05, 4.69) is 5.32 Å². The molecule has 15 heavy (non-hydrogen) atoms. The van der Waals surface area contributed by atoms with Gasteiger partial charge in [0.2, 0.25) is 5.91 Å². The zero-order valence-corrected chi connectivity index (χ0v) is 10.6. The fraction of sp³-hybridized carbons (Fsp3) is 0.900. The number of hydrogen-bond donors (Lipinski definition) is 3. The number of thioether (sulfide) groups is 1. The van der Waals surface area contributed by atoms with E-state index in [0.717, 1.165) is 0 Å². The second-order valence-corrected chi connectivity index (χ2v) is 5.09. The highest BCUT2D eigenvalue weighted by Gasteiger charge is 2.20. The van der Waals surface area contributed by atoms with Crippen molar-refractivity contribution in [2.45, 2.75) is 38.3 Å². The van der Waals surface area contributed by atoms with E-state index < -0.39 is 5.60 Å². The Hall–Kier alpha value is -0.260. The molecule has 0 rings (SSSR count).